The lowest BCUT2D eigenvalue weighted by Crippen LogP contribution is -2.49. The van der Waals surface area contributed by atoms with Gasteiger partial charge in [0.25, 0.3) is 21.9 Å². The van der Waals surface area contributed by atoms with Crippen LogP contribution in [0.5, 0.6) is 0 Å². The van der Waals surface area contributed by atoms with Gasteiger partial charge < -0.3 is 0 Å². The number of unbranched alkanes of at least 4 members (excludes halogenated alkanes) is 1. The minimum absolute atomic E-state index is 0.211. The van der Waals surface area contributed by atoms with Crippen LogP contribution in [-0.4, -0.2) is 31.6 Å². The number of hydrogen-bond donors (Lipinski definition) is 0. The first-order valence-electron chi connectivity index (χ1n) is 7.53. The molecule has 1 saturated heterocycles. The second-order valence-corrected chi connectivity index (χ2v) is 7.87. The molecule has 1 aliphatic carbocycles. The maximum absolute atomic E-state index is 12.2. The average Bonchev–Trinajstić information content (AvgIpc) is 2.73. The lowest BCUT2D eigenvalue weighted by molar-refractivity contribution is -0.182. The lowest BCUT2D eigenvalue weighted by atomic mass is 9.69. The molecule has 21 heavy (non-hydrogen) atoms. The standard InChI is InChI=1S/C14H23NO5S/c1-3-4-6-11-7-5-8-14(11)9-12(16)15(13(17)10-14)20-21(2,18)19/h11H,3-10H2,1-2H3. The van der Waals surface area contributed by atoms with Crippen molar-refractivity contribution in [1.29, 1.82) is 0 Å². The number of nitrogens with zero attached hydrogens (tertiary/aromatic N) is 1. The average molecular weight is 317 g/mol. The first-order chi connectivity index (χ1) is 9.77. The van der Waals surface area contributed by atoms with Gasteiger partial charge in [-0.3, -0.25) is 9.59 Å². The lowest BCUT2D eigenvalue weighted by Gasteiger charge is -2.40. The number of amides is 2. The normalized spacial score (nSPS) is 25.8. The van der Waals surface area contributed by atoms with Crippen LogP contribution in [-0.2, 0) is 24.0 Å². The Hall–Kier alpha value is -0.950. The van der Waals surface area contributed by atoms with Gasteiger partial charge in [-0.1, -0.05) is 26.2 Å². The molecule has 2 aliphatic rings. The summed E-state index contributed by atoms with van der Waals surface area (Å²) in [5.41, 5.74) is -0.277. The predicted octanol–water partition coefficient (Wildman–Crippen LogP) is 2.00. The molecule has 2 rings (SSSR count). The van der Waals surface area contributed by atoms with Gasteiger partial charge in [-0.15, -0.1) is 9.35 Å². The number of hydroxylamine groups is 2. The van der Waals surface area contributed by atoms with E-state index in [4.69, 9.17) is 0 Å². The zero-order valence-electron chi connectivity index (χ0n) is 12.6. The van der Waals surface area contributed by atoms with Crippen LogP contribution in [0.1, 0.15) is 58.3 Å². The summed E-state index contributed by atoms with van der Waals surface area (Å²) in [7, 11) is -3.87. The van der Waals surface area contributed by atoms with Crippen molar-refractivity contribution in [3.8, 4) is 0 Å². The Morgan fingerprint density at radius 3 is 2.43 bits per heavy atom. The van der Waals surface area contributed by atoms with Crippen molar-refractivity contribution in [2.24, 2.45) is 11.3 Å². The summed E-state index contributed by atoms with van der Waals surface area (Å²) in [5.74, 6) is -0.675. The van der Waals surface area contributed by atoms with Crippen LogP contribution in [0, 0.1) is 11.3 Å². The first-order valence-corrected chi connectivity index (χ1v) is 9.34. The van der Waals surface area contributed by atoms with Crippen molar-refractivity contribution >= 4 is 21.9 Å². The number of hydrogen-bond acceptors (Lipinski definition) is 5. The molecule has 1 spiro atoms. The van der Waals surface area contributed by atoms with Crippen molar-refractivity contribution in [1.82, 2.24) is 5.06 Å². The van der Waals surface area contributed by atoms with Gasteiger partial charge in [-0.05, 0) is 30.6 Å². The molecular formula is C14H23NO5S. The minimum Gasteiger partial charge on any atom is -0.272 e. The highest BCUT2D eigenvalue weighted by molar-refractivity contribution is 7.85. The number of carbonyl (C=O) groups is 2. The summed E-state index contributed by atoms with van der Waals surface area (Å²) in [4.78, 5) is 24.4. The van der Waals surface area contributed by atoms with E-state index < -0.39 is 21.9 Å². The van der Waals surface area contributed by atoms with Crippen LogP contribution < -0.4 is 0 Å². The molecule has 2 fully saturated rings. The van der Waals surface area contributed by atoms with Crippen LogP contribution in [0.4, 0.5) is 0 Å². The van der Waals surface area contributed by atoms with E-state index in [9.17, 15) is 18.0 Å². The molecule has 1 atom stereocenters. The molecule has 0 N–H and O–H groups in total. The third-order valence-electron chi connectivity index (χ3n) is 4.67. The van der Waals surface area contributed by atoms with Crippen molar-refractivity contribution < 1.29 is 22.3 Å². The monoisotopic (exact) mass is 317 g/mol. The molecule has 0 aromatic heterocycles. The van der Waals surface area contributed by atoms with E-state index in [1.165, 1.54) is 0 Å². The molecule has 0 aromatic rings. The third-order valence-corrected chi connectivity index (χ3v) is 5.09. The largest absolute Gasteiger partial charge is 0.285 e. The molecule has 1 unspecified atom stereocenters. The van der Waals surface area contributed by atoms with Crippen LogP contribution in [0.15, 0.2) is 0 Å². The van der Waals surface area contributed by atoms with Crippen molar-refractivity contribution in [3.05, 3.63) is 0 Å². The smallest absolute Gasteiger partial charge is 0.272 e. The second-order valence-electron chi connectivity index (χ2n) is 6.31. The summed E-state index contributed by atoms with van der Waals surface area (Å²) in [6.45, 7) is 2.13. The molecule has 0 aromatic carbocycles. The Kier molecular flexibility index (Phi) is 4.72. The molecule has 7 heteroatoms. The Morgan fingerprint density at radius 1 is 1.29 bits per heavy atom. The van der Waals surface area contributed by atoms with Gasteiger partial charge in [0.1, 0.15) is 0 Å². The molecule has 0 radical (unpaired) electrons. The minimum atomic E-state index is -3.87. The van der Waals surface area contributed by atoms with Crippen LogP contribution in [0.2, 0.25) is 0 Å². The predicted molar refractivity (Wildman–Crippen MR) is 76.3 cm³/mol. The Balaban J connectivity index is 2.13. The first kappa shape index (κ1) is 16.4. The number of imide groups is 1. The summed E-state index contributed by atoms with van der Waals surface area (Å²) in [6.07, 6.45) is 7.42. The fraction of sp³-hybridized carbons (Fsp3) is 0.857. The molecular weight excluding hydrogens is 294 g/mol. The second kappa shape index (κ2) is 6.04. The molecule has 120 valence electrons. The van der Waals surface area contributed by atoms with E-state index >= 15 is 0 Å². The Morgan fingerprint density at radius 2 is 1.90 bits per heavy atom. The summed E-state index contributed by atoms with van der Waals surface area (Å²) in [6, 6.07) is 0. The fourth-order valence-corrected chi connectivity index (χ4v) is 4.18. The third kappa shape index (κ3) is 3.63. The fourth-order valence-electron chi connectivity index (χ4n) is 3.74. The van der Waals surface area contributed by atoms with E-state index in [-0.39, 0.29) is 18.3 Å². The van der Waals surface area contributed by atoms with E-state index in [1.54, 1.807) is 0 Å². The topological polar surface area (TPSA) is 80.8 Å². The van der Waals surface area contributed by atoms with Gasteiger partial charge in [0, 0.05) is 12.8 Å². The van der Waals surface area contributed by atoms with Gasteiger partial charge in [0.2, 0.25) is 0 Å². The van der Waals surface area contributed by atoms with E-state index in [0.717, 1.165) is 44.8 Å². The summed E-state index contributed by atoms with van der Waals surface area (Å²) in [5, 5.41) is 0.440. The molecule has 6 nitrogen and oxygen atoms in total. The highest BCUT2D eigenvalue weighted by Crippen LogP contribution is 2.53. The zero-order valence-corrected chi connectivity index (χ0v) is 13.4. The molecule has 1 saturated carbocycles. The van der Waals surface area contributed by atoms with Crippen molar-refractivity contribution in [2.45, 2.75) is 58.3 Å². The highest BCUT2D eigenvalue weighted by atomic mass is 32.2. The zero-order chi connectivity index (χ0) is 15.7. The maximum Gasteiger partial charge on any atom is 0.285 e. The molecule has 1 heterocycles. The van der Waals surface area contributed by atoms with Crippen molar-refractivity contribution in [2.75, 3.05) is 6.26 Å². The highest BCUT2D eigenvalue weighted by Gasteiger charge is 2.51. The van der Waals surface area contributed by atoms with E-state index in [1.807, 2.05) is 0 Å². The molecule has 2 amide bonds. The Bertz CT molecular complexity index is 509. The van der Waals surface area contributed by atoms with Crippen LogP contribution in [0.25, 0.3) is 0 Å². The summed E-state index contributed by atoms with van der Waals surface area (Å²) < 4.78 is 26.8. The number of piperidine rings is 1. The van der Waals surface area contributed by atoms with Crippen molar-refractivity contribution in [3.63, 3.8) is 0 Å². The number of carbonyl (C=O) groups excluding carboxylic acids is 2. The van der Waals surface area contributed by atoms with Crippen LogP contribution >= 0.6 is 0 Å². The SMILES string of the molecule is CCCCC1CCCC12CC(=O)N(OS(C)(=O)=O)C(=O)C2. The quantitative estimate of drug-likeness (QED) is 0.725. The van der Waals surface area contributed by atoms with Gasteiger partial charge >= 0.3 is 0 Å². The number of rotatable bonds is 5. The molecule has 0 bridgehead atoms. The van der Waals surface area contributed by atoms with Gasteiger partial charge in [0.15, 0.2) is 0 Å². The Labute approximate surface area is 125 Å². The van der Waals surface area contributed by atoms with Gasteiger partial charge in [0.05, 0.1) is 6.26 Å². The van der Waals surface area contributed by atoms with Crippen LogP contribution in [0.3, 0.4) is 0 Å². The maximum atomic E-state index is 12.2. The van der Waals surface area contributed by atoms with E-state index in [2.05, 4.69) is 11.2 Å². The summed E-state index contributed by atoms with van der Waals surface area (Å²) >= 11 is 0. The molecule has 1 aliphatic heterocycles. The van der Waals surface area contributed by atoms with Gasteiger partial charge in [-0.2, -0.15) is 8.42 Å². The van der Waals surface area contributed by atoms with Gasteiger partial charge in [-0.25, -0.2) is 0 Å². The van der Waals surface area contributed by atoms with E-state index in [0.29, 0.717) is 11.0 Å².